The van der Waals surface area contributed by atoms with Gasteiger partial charge in [-0.3, -0.25) is 9.89 Å². The number of amides is 1. The molecule has 1 unspecified atom stereocenters. The second-order valence-electron chi connectivity index (χ2n) is 6.70. The first-order chi connectivity index (χ1) is 12.2. The van der Waals surface area contributed by atoms with Gasteiger partial charge in [-0.2, -0.15) is 5.10 Å². The largest absolute Gasteiger partial charge is 0.369 e. The highest BCUT2D eigenvalue weighted by atomic mass is 16.3. The number of aliphatic hydroxyl groups excluding tert-OH is 1. The number of aliphatic hydroxyl groups is 1. The van der Waals surface area contributed by atoms with E-state index in [1.54, 1.807) is 6.20 Å². The van der Waals surface area contributed by atoms with Gasteiger partial charge < -0.3 is 15.4 Å². The summed E-state index contributed by atoms with van der Waals surface area (Å²) >= 11 is 0. The van der Waals surface area contributed by atoms with E-state index in [1.807, 2.05) is 24.3 Å². The SMILES string of the molecule is O=C1NC(O)c2c3c(c4[nH]c5ccccc5c4c21)CCc1[nH]ncc1-3. The van der Waals surface area contributed by atoms with Crippen LogP contribution in [0, 0.1) is 0 Å². The molecule has 0 bridgehead atoms. The maximum atomic E-state index is 12.7. The molecule has 1 aliphatic carbocycles. The zero-order chi connectivity index (χ0) is 16.7. The number of fused-ring (bicyclic) bond motifs is 10. The van der Waals surface area contributed by atoms with Crippen molar-refractivity contribution < 1.29 is 9.90 Å². The second kappa shape index (κ2) is 4.29. The summed E-state index contributed by atoms with van der Waals surface area (Å²) in [5, 5.41) is 22.4. The first-order valence-electron chi connectivity index (χ1n) is 8.34. The molecule has 2 aromatic heterocycles. The molecule has 0 saturated heterocycles. The normalized spacial score (nSPS) is 18.3. The summed E-state index contributed by atoms with van der Waals surface area (Å²) in [6.45, 7) is 0. The van der Waals surface area contributed by atoms with Crippen molar-refractivity contribution in [3.05, 3.63) is 52.8 Å². The molecular formula is C19H14N4O2. The quantitative estimate of drug-likeness (QED) is 0.399. The summed E-state index contributed by atoms with van der Waals surface area (Å²) in [5.41, 5.74) is 7.37. The second-order valence-corrected chi connectivity index (χ2v) is 6.70. The lowest BCUT2D eigenvalue weighted by atomic mass is 9.82. The molecular weight excluding hydrogens is 316 g/mol. The third-order valence-corrected chi connectivity index (χ3v) is 5.48. The Morgan fingerprint density at radius 3 is 2.96 bits per heavy atom. The van der Waals surface area contributed by atoms with E-state index in [2.05, 4.69) is 20.5 Å². The molecule has 2 aliphatic rings. The lowest BCUT2D eigenvalue weighted by Gasteiger charge is -2.21. The average Bonchev–Trinajstić information content (AvgIpc) is 3.30. The molecule has 4 N–H and O–H groups in total. The summed E-state index contributed by atoms with van der Waals surface area (Å²) in [4.78, 5) is 16.2. The van der Waals surface area contributed by atoms with Gasteiger partial charge in [0.25, 0.3) is 5.91 Å². The van der Waals surface area contributed by atoms with E-state index in [9.17, 15) is 9.90 Å². The number of H-pyrrole nitrogens is 2. The van der Waals surface area contributed by atoms with Gasteiger partial charge in [0.2, 0.25) is 0 Å². The Bertz CT molecular complexity index is 1220. The maximum absolute atomic E-state index is 12.7. The fourth-order valence-corrected chi connectivity index (χ4v) is 4.48. The van der Waals surface area contributed by atoms with Gasteiger partial charge >= 0.3 is 0 Å². The Morgan fingerprint density at radius 2 is 2.04 bits per heavy atom. The zero-order valence-corrected chi connectivity index (χ0v) is 13.2. The van der Waals surface area contributed by atoms with E-state index < -0.39 is 6.23 Å². The number of nitrogens with zero attached hydrogens (tertiary/aromatic N) is 1. The maximum Gasteiger partial charge on any atom is 0.254 e. The van der Waals surface area contributed by atoms with Crippen molar-refractivity contribution in [2.24, 2.45) is 0 Å². The average molecular weight is 330 g/mol. The summed E-state index contributed by atoms with van der Waals surface area (Å²) < 4.78 is 0. The van der Waals surface area contributed by atoms with Crippen LogP contribution in [0.4, 0.5) is 0 Å². The van der Waals surface area contributed by atoms with Gasteiger partial charge in [-0.15, -0.1) is 0 Å². The molecule has 6 rings (SSSR count). The standard InChI is InChI=1S/C19H14N4O2/c24-18-15-13-9(5-6-12-10(13)7-20-23-12)17-14(16(15)19(25)22-18)8-3-1-2-4-11(8)21-17/h1-4,7,18,21,24H,5-6H2,(H,20,23)(H,22,25). The fourth-order valence-electron chi connectivity index (χ4n) is 4.48. The third kappa shape index (κ3) is 1.48. The van der Waals surface area contributed by atoms with Crippen LogP contribution in [-0.2, 0) is 12.8 Å². The van der Waals surface area contributed by atoms with Gasteiger partial charge in [0.1, 0.15) is 0 Å². The molecule has 1 atom stereocenters. The number of nitrogens with one attached hydrogen (secondary N) is 3. The number of hydrogen-bond donors (Lipinski definition) is 4. The molecule has 0 fully saturated rings. The van der Waals surface area contributed by atoms with Crippen LogP contribution in [0.15, 0.2) is 30.5 Å². The summed E-state index contributed by atoms with van der Waals surface area (Å²) in [7, 11) is 0. The molecule has 122 valence electrons. The molecule has 0 radical (unpaired) electrons. The first-order valence-corrected chi connectivity index (χ1v) is 8.34. The van der Waals surface area contributed by atoms with Crippen LogP contribution in [-0.4, -0.2) is 26.2 Å². The Labute approximate surface area is 141 Å². The Morgan fingerprint density at radius 1 is 1.16 bits per heavy atom. The van der Waals surface area contributed by atoms with E-state index in [4.69, 9.17) is 0 Å². The molecule has 6 nitrogen and oxygen atoms in total. The van der Waals surface area contributed by atoms with Gasteiger partial charge in [-0.25, -0.2) is 0 Å². The van der Waals surface area contributed by atoms with E-state index in [0.29, 0.717) is 11.1 Å². The van der Waals surface area contributed by atoms with Crippen LogP contribution in [0.25, 0.3) is 32.9 Å². The van der Waals surface area contributed by atoms with Gasteiger partial charge in [0.05, 0.1) is 17.3 Å². The van der Waals surface area contributed by atoms with Crippen LogP contribution in [0.5, 0.6) is 0 Å². The Kier molecular flexibility index (Phi) is 2.26. The monoisotopic (exact) mass is 330 g/mol. The molecule has 1 aliphatic heterocycles. The Hall–Kier alpha value is -3.12. The number of aromatic amines is 2. The molecule has 4 aromatic rings. The molecule has 25 heavy (non-hydrogen) atoms. The van der Waals surface area contributed by atoms with Crippen LogP contribution in [0.3, 0.4) is 0 Å². The Balaban J connectivity index is 1.90. The van der Waals surface area contributed by atoms with E-state index >= 15 is 0 Å². The van der Waals surface area contributed by atoms with Crippen LogP contribution in [0.1, 0.15) is 33.4 Å². The van der Waals surface area contributed by atoms with Crippen LogP contribution in [0.2, 0.25) is 0 Å². The predicted molar refractivity (Wildman–Crippen MR) is 93.2 cm³/mol. The van der Waals surface area contributed by atoms with Crippen molar-refractivity contribution in [1.82, 2.24) is 20.5 Å². The van der Waals surface area contributed by atoms with Gasteiger partial charge in [-0.05, 0) is 30.0 Å². The third-order valence-electron chi connectivity index (χ3n) is 5.48. The minimum atomic E-state index is -0.991. The van der Waals surface area contributed by atoms with Gasteiger partial charge in [0, 0.05) is 33.1 Å². The number of aromatic nitrogens is 3. The summed E-state index contributed by atoms with van der Waals surface area (Å²) in [6, 6.07) is 7.99. The van der Waals surface area contributed by atoms with Crippen molar-refractivity contribution in [2.45, 2.75) is 19.1 Å². The van der Waals surface area contributed by atoms with Crippen molar-refractivity contribution in [3.63, 3.8) is 0 Å². The predicted octanol–water partition coefficient (Wildman–Crippen LogP) is 2.54. The molecule has 1 amide bonds. The number of carbonyl (C=O) groups is 1. The summed E-state index contributed by atoms with van der Waals surface area (Å²) in [6.07, 6.45) is 2.50. The lowest BCUT2D eigenvalue weighted by Crippen LogP contribution is -2.18. The highest BCUT2D eigenvalue weighted by Crippen LogP contribution is 2.47. The molecule has 6 heteroatoms. The number of benzene rings is 2. The van der Waals surface area contributed by atoms with E-state index in [0.717, 1.165) is 57.0 Å². The number of rotatable bonds is 0. The highest BCUT2D eigenvalue weighted by molar-refractivity contribution is 6.22. The van der Waals surface area contributed by atoms with Crippen molar-refractivity contribution >= 4 is 27.7 Å². The van der Waals surface area contributed by atoms with Crippen LogP contribution < -0.4 is 5.32 Å². The highest BCUT2D eigenvalue weighted by Gasteiger charge is 2.37. The number of hydrogen-bond acceptors (Lipinski definition) is 3. The van der Waals surface area contributed by atoms with Crippen molar-refractivity contribution in [3.8, 4) is 11.1 Å². The van der Waals surface area contributed by atoms with Crippen LogP contribution >= 0.6 is 0 Å². The number of para-hydroxylation sites is 1. The zero-order valence-electron chi connectivity index (χ0n) is 13.2. The topological polar surface area (TPSA) is 93.8 Å². The first kappa shape index (κ1) is 13.2. The van der Waals surface area contributed by atoms with Gasteiger partial charge in [-0.1, -0.05) is 18.2 Å². The van der Waals surface area contributed by atoms with Crippen molar-refractivity contribution in [1.29, 1.82) is 0 Å². The molecule has 3 heterocycles. The number of aryl methyl sites for hydroxylation is 2. The molecule has 0 spiro atoms. The minimum Gasteiger partial charge on any atom is -0.369 e. The van der Waals surface area contributed by atoms with E-state index in [-0.39, 0.29) is 5.91 Å². The lowest BCUT2D eigenvalue weighted by molar-refractivity contribution is 0.0852. The van der Waals surface area contributed by atoms with E-state index in [1.165, 1.54) is 0 Å². The minimum absolute atomic E-state index is 0.226. The van der Waals surface area contributed by atoms with Gasteiger partial charge in [0.15, 0.2) is 6.23 Å². The smallest absolute Gasteiger partial charge is 0.254 e. The number of carbonyl (C=O) groups excluding carboxylic acids is 1. The molecule has 2 aromatic carbocycles. The fraction of sp³-hybridized carbons (Fsp3) is 0.158. The van der Waals surface area contributed by atoms with Crippen molar-refractivity contribution in [2.75, 3.05) is 0 Å². The summed E-state index contributed by atoms with van der Waals surface area (Å²) in [5.74, 6) is -0.226. The molecule has 0 saturated carbocycles.